The van der Waals surface area contributed by atoms with E-state index in [1.165, 1.54) is 30.2 Å². The van der Waals surface area contributed by atoms with Crippen molar-refractivity contribution in [1.29, 1.82) is 0 Å². The van der Waals surface area contributed by atoms with Gasteiger partial charge in [0.2, 0.25) is 5.91 Å². The molecule has 9 heteroatoms. The van der Waals surface area contributed by atoms with E-state index in [9.17, 15) is 9.59 Å². The number of amides is 1. The van der Waals surface area contributed by atoms with Gasteiger partial charge in [-0.2, -0.15) is 0 Å². The average Bonchev–Trinajstić information content (AvgIpc) is 3.15. The molecule has 0 aliphatic rings. The maximum absolute atomic E-state index is 12.2. The van der Waals surface area contributed by atoms with Crippen molar-refractivity contribution < 1.29 is 14.3 Å². The Morgan fingerprint density at radius 2 is 2.24 bits per heavy atom. The second-order valence-electron chi connectivity index (χ2n) is 5.08. The summed E-state index contributed by atoms with van der Waals surface area (Å²) >= 11 is 2.63. The van der Waals surface area contributed by atoms with Crippen LogP contribution in [0.25, 0.3) is 0 Å². The molecule has 2 aromatic heterocycles. The molecule has 7 nitrogen and oxygen atoms in total. The van der Waals surface area contributed by atoms with Gasteiger partial charge in [0.05, 0.1) is 18.4 Å². The van der Waals surface area contributed by atoms with Crippen molar-refractivity contribution in [3.63, 3.8) is 0 Å². The molecule has 2 heterocycles. The lowest BCUT2D eigenvalue weighted by molar-refractivity contribution is -0.113. The van der Waals surface area contributed by atoms with Gasteiger partial charge in [0, 0.05) is 17.8 Å². The number of aromatic nitrogens is 3. The predicted octanol–water partition coefficient (Wildman–Crippen LogP) is 2.91. The highest BCUT2D eigenvalue weighted by Gasteiger charge is 2.18. The van der Waals surface area contributed by atoms with Gasteiger partial charge in [0.1, 0.15) is 10.8 Å². The third kappa shape index (κ3) is 4.70. The summed E-state index contributed by atoms with van der Waals surface area (Å²) in [7, 11) is 1.31. The number of allylic oxidation sites excluding steroid dienone is 1. The van der Waals surface area contributed by atoms with Crippen molar-refractivity contribution in [1.82, 2.24) is 14.8 Å². The quantitative estimate of drug-likeness (QED) is 0.430. The second kappa shape index (κ2) is 8.82. The van der Waals surface area contributed by atoms with E-state index in [1.807, 2.05) is 18.4 Å². The topological polar surface area (TPSA) is 86.1 Å². The fraction of sp³-hybridized carbons (Fsp3) is 0.375. The largest absolute Gasteiger partial charge is 0.465 e. The molecule has 2 rings (SSSR count). The highest BCUT2D eigenvalue weighted by Crippen LogP contribution is 2.28. The number of anilines is 1. The minimum absolute atomic E-state index is 0.163. The molecular weight excluding hydrogens is 360 g/mol. The van der Waals surface area contributed by atoms with E-state index in [0.717, 1.165) is 17.1 Å². The number of hydrogen-bond acceptors (Lipinski definition) is 7. The van der Waals surface area contributed by atoms with Crippen LogP contribution in [0, 0.1) is 6.92 Å². The SMILES string of the molecule is C=CCn1c(CC)nnc1SCC(=O)Nc1sc(C)cc1C(=O)OC. The minimum Gasteiger partial charge on any atom is -0.465 e. The number of thiophene rings is 1. The summed E-state index contributed by atoms with van der Waals surface area (Å²) in [4.78, 5) is 24.9. The van der Waals surface area contributed by atoms with E-state index < -0.39 is 5.97 Å². The van der Waals surface area contributed by atoms with Crippen LogP contribution in [0.1, 0.15) is 28.0 Å². The van der Waals surface area contributed by atoms with Gasteiger partial charge in [-0.1, -0.05) is 24.8 Å². The van der Waals surface area contributed by atoms with Gasteiger partial charge in [-0.05, 0) is 13.0 Å². The monoisotopic (exact) mass is 380 g/mol. The fourth-order valence-corrected chi connectivity index (χ4v) is 3.84. The number of esters is 1. The van der Waals surface area contributed by atoms with E-state index >= 15 is 0 Å². The first kappa shape index (κ1) is 19.2. The maximum atomic E-state index is 12.2. The summed E-state index contributed by atoms with van der Waals surface area (Å²) < 4.78 is 6.67. The van der Waals surface area contributed by atoms with Crippen LogP contribution < -0.4 is 5.32 Å². The Kier molecular flexibility index (Phi) is 6.77. The van der Waals surface area contributed by atoms with Crippen LogP contribution in [0.15, 0.2) is 23.9 Å². The van der Waals surface area contributed by atoms with Gasteiger partial charge in [0.25, 0.3) is 0 Å². The van der Waals surface area contributed by atoms with Crippen LogP contribution in [0.2, 0.25) is 0 Å². The predicted molar refractivity (Wildman–Crippen MR) is 99.3 cm³/mol. The van der Waals surface area contributed by atoms with Crippen LogP contribution in [0.5, 0.6) is 0 Å². The van der Waals surface area contributed by atoms with Crippen molar-refractivity contribution in [3.8, 4) is 0 Å². The van der Waals surface area contributed by atoms with Crippen LogP contribution >= 0.6 is 23.1 Å². The number of carbonyl (C=O) groups is 2. The van der Waals surface area contributed by atoms with E-state index in [1.54, 1.807) is 12.1 Å². The Hall–Kier alpha value is -2.13. The first-order valence-corrected chi connectivity index (χ1v) is 9.44. The molecule has 25 heavy (non-hydrogen) atoms. The molecule has 0 spiro atoms. The van der Waals surface area contributed by atoms with Crippen molar-refractivity contribution in [2.24, 2.45) is 0 Å². The standard InChI is InChI=1S/C16H20N4O3S2/c1-5-7-20-12(6-2)18-19-16(20)24-9-13(21)17-14-11(15(22)23-4)8-10(3)25-14/h5,8H,1,6-7,9H2,2-4H3,(H,17,21). The Morgan fingerprint density at radius 3 is 2.88 bits per heavy atom. The van der Waals surface area contributed by atoms with Crippen LogP contribution in [-0.4, -0.2) is 39.5 Å². The van der Waals surface area contributed by atoms with E-state index in [4.69, 9.17) is 4.74 Å². The first-order chi connectivity index (χ1) is 12.0. The highest BCUT2D eigenvalue weighted by molar-refractivity contribution is 7.99. The first-order valence-electron chi connectivity index (χ1n) is 7.64. The van der Waals surface area contributed by atoms with Gasteiger partial charge < -0.3 is 14.6 Å². The number of nitrogens with zero attached hydrogens (tertiary/aromatic N) is 3. The summed E-state index contributed by atoms with van der Waals surface area (Å²) in [6, 6.07) is 1.70. The van der Waals surface area contributed by atoms with E-state index in [2.05, 4.69) is 22.1 Å². The van der Waals surface area contributed by atoms with Gasteiger partial charge in [-0.25, -0.2) is 4.79 Å². The molecule has 1 amide bonds. The molecule has 0 bridgehead atoms. The number of thioether (sulfide) groups is 1. The third-order valence-electron chi connectivity index (χ3n) is 3.27. The number of carbonyl (C=O) groups excluding carboxylic acids is 2. The Bertz CT molecular complexity index is 782. The second-order valence-corrected chi connectivity index (χ2v) is 7.28. The lowest BCUT2D eigenvalue weighted by Crippen LogP contribution is -2.16. The summed E-state index contributed by atoms with van der Waals surface area (Å²) in [6.45, 7) is 8.19. The van der Waals surface area contributed by atoms with Gasteiger partial charge in [-0.15, -0.1) is 28.1 Å². The zero-order valence-electron chi connectivity index (χ0n) is 14.4. The third-order valence-corrected chi connectivity index (χ3v) is 5.20. The van der Waals surface area contributed by atoms with Crippen LogP contribution in [0.4, 0.5) is 5.00 Å². The molecule has 0 aliphatic carbocycles. The number of ether oxygens (including phenoxy) is 1. The van der Waals surface area contributed by atoms with E-state index in [-0.39, 0.29) is 11.7 Å². The Morgan fingerprint density at radius 1 is 1.48 bits per heavy atom. The summed E-state index contributed by atoms with van der Waals surface area (Å²) in [5.41, 5.74) is 0.367. The molecule has 134 valence electrons. The van der Waals surface area contributed by atoms with Gasteiger partial charge in [0.15, 0.2) is 5.16 Å². The summed E-state index contributed by atoms with van der Waals surface area (Å²) in [5.74, 6) is 0.329. The van der Waals surface area contributed by atoms with Gasteiger partial charge >= 0.3 is 5.97 Å². The molecular formula is C16H20N4O3S2. The number of nitrogens with one attached hydrogen (secondary N) is 1. The molecule has 0 atom stereocenters. The lowest BCUT2D eigenvalue weighted by atomic mass is 10.3. The average molecular weight is 380 g/mol. The normalized spacial score (nSPS) is 10.5. The smallest absolute Gasteiger partial charge is 0.340 e. The zero-order chi connectivity index (χ0) is 18.4. The lowest BCUT2D eigenvalue weighted by Gasteiger charge is -2.07. The van der Waals surface area contributed by atoms with Crippen LogP contribution in [-0.2, 0) is 22.5 Å². The van der Waals surface area contributed by atoms with Crippen molar-refractivity contribution in [2.45, 2.75) is 32.0 Å². The summed E-state index contributed by atoms with van der Waals surface area (Å²) in [6.07, 6.45) is 2.52. The number of aryl methyl sites for hydroxylation is 2. The summed E-state index contributed by atoms with van der Waals surface area (Å²) in [5, 5.41) is 12.2. The molecule has 1 N–H and O–H groups in total. The zero-order valence-corrected chi connectivity index (χ0v) is 16.0. The number of methoxy groups -OCH3 is 1. The van der Waals surface area contributed by atoms with Crippen molar-refractivity contribution >= 4 is 40.0 Å². The maximum Gasteiger partial charge on any atom is 0.340 e. The molecule has 0 saturated heterocycles. The molecule has 0 aromatic carbocycles. The van der Waals surface area contributed by atoms with Crippen LogP contribution in [0.3, 0.4) is 0 Å². The van der Waals surface area contributed by atoms with E-state index in [0.29, 0.717) is 22.3 Å². The Labute approximate surface area is 154 Å². The molecule has 0 fully saturated rings. The molecule has 0 radical (unpaired) electrons. The minimum atomic E-state index is -0.467. The van der Waals surface area contributed by atoms with Crippen molar-refractivity contribution in [3.05, 3.63) is 35.0 Å². The molecule has 0 saturated carbocycles. The highest BCUT2D eigenvalue weighted by atomic mass is 32.2. The Balaban J connectivity index is 2.04. The molecule has 2 aromatic rings. The van der Waals surface area contributed by atoms with Crippen molar-refractivity contribution in [2.75, 3.05) is 18.2 Å². The van der Waals surface area contributed by atoms with Gasteiger partial charge in [-0.3, -0.25) is 4.79 Å². The fourth-order valence-electron chi connectivity index (χ4n) is 2.16. The number of hydrogen-bond donors (Lipinski definition) is 1. The number of rotatable bonds is 8. The molecule has 0 aliphatic heterocycles. The molecule has 0 unspecified atom stereocenters.